The molecule has 3 aromatic rings. The third kappa shape index (κ3) is 4.10. The monoisotopic (exact) mass is 464 g/mol. The molecule has 2 saturated heterocycles. The number of piperidine rings is 1. The summed E-state index contributed by atoms with van der Waals surface area (Å²) in [6.45, 7) is 7.83. The number of aryl methyl sites for hydroxylation is 3. The number of carbonyl (C=O) groups excluding carboxylic acids is 2. The summed E-state index contributed by atoms with van der Waals surface area (Å²) in [4.78, 5) is 39.4. The van der Waals surface area contributed by atoms with Gasteiger partial charge in [0.1, 0.15) is 0 Å². The van der Waals surface area contributed by atoms with E-state index in [-0.39, 0.29) is 17.7 Å². The van der Waals surface area contributed by atoms with E-state index in [1.165, 1.54) is 0 Å². The summed E-state index contributed by atoms with van der Waals surface area (Å²) in [6, 6.07) is 5.75. The number of rotatable bonds is 3. The van der Waals surface area contributed by atoms with Gasteiger partial charge < -0.3 is 9.80 Å². The highest BCUT2D eigenvalue weighted by Gasteiger charge is 2.31. The largest absolute Gasteiger partial charge is 0.338 e. The number of thioether (sulfide) groups is 1. The number of pyridine rings is 1. The molecule has 3 aromatic heterocycles. The number of aromatic nitrogens is 4. The molecule has 0 atom stereocenters. The van der Waals surface area contributed by atoms with Crippen LogP contribution >= 0.6 is 11.8 Å². The Labute approximate surface area is 197 Å². The second kappa shape index (κ2) is 8.78. The molecule has 0 aliphatic carbocycles. The molecular weight excluding hydrogens is 436 g/mol. The average Bonchev–Trinajstić information content (AvgIpc) is 3.48. The minimum Gasteiger partial charge on any atom is -0.338 e. The lowest BCUT2D eigenvalue weighted by Crippen LogP contribution is -2.39. The maximum atomic E-state index is 13.3. The van der Waals surface area contributed by atoms with Crippen LogP contribution < -0.4 is 0 Å². The van der Waals surface area contributed by atoms with Crippen molar-refractivity contribution in [3.8, 4) is 0 Å². The smallest absolute Gasteiger partial charge is 0.257 e. The van der Waals surface area contributed by atoms with Gasteiger partial charge in [-0.15, -0.1) is 11.8 Å². The third-order valence-electron chi connectivity index (χ3n) is 6.58. The Hall–Kier alpha value is -2.94. The fraction of sp³-hybridized carbons (Fsp3) is 0.458. The van der Waals surface area contributed by atoms with Crippen LogP contribution in [0.1, 0.15) is 62.3 Å². The Morgan fingerprint density at radius 3 is 2.45 bits per heavy atom. The predicted octanol–water partition coefficient (Wildman–Crippen LogP) is 3.22. The molecule has 0 unspecified atom stereocenters. The maximum absolute atomic E-state index is 13.3. The number of fused-ring (bicyclic) bond motifs is 1. The molecule has 5 rings (SSSR count). The van der Waals surface area contributed by atoms with E-state index in [1.807, 2.05) is 48.8 Å². The highest BCUT2D eigenvalue weighted by molar-refractivity contribution is 7.99. The summed E-state index contributed by atoms with van der Waals surface area (Å²) in [5, 5.41) is 4.46. The Bertz CT molecular complexity index is 1230. The van der Waals surface area contributed by atoms with Crippen LogP contribution in [0, 0.1) is 20.8 Å². The van der Waals surface area contributed by atoms with Gasteiger partial charge in [-0.3, -0.25) is 14.6 Å². The highest BCUT2D eigenvalue weighted by Crippen LogP contribution is 2.31. The van der Waals surface area contributed by atoms with Gasteiger partial charge in [0.05, 0.1) is 34.1 Å². The standard InChI is InChI=1S/C24H28N6O2S/c1-15-4-5-19(23(31)29-10-11-33-14-29)22(26-15)18-6-8-28(9-7-18)24(32)20-13-25-21-12-16(2)27-30(21)17(20)3/h4-5,12-13,18H,6-11,14H2,1-3H3. The summed E-state index contributed by atoms with van der Waals surface area (Å²) < 4.78 is 1.74. The fourth-order valence-corrected chi connectivity index (χ4v) is 5.66. The second-order valence-corrected chi connectivity index (χ2v) is 9.95. The van der Waals surface area contributed by atoms with Gasteiger partial charge in [-0.2, -0.15) is 5.10 Å². The van der Waals surface area contributed by atoms with E-state index < -0.39 is 0 Å². The molecule has 0 spiro atoms. The van der Waals surface area contributed by atoms with Gasteiger partial charge in [0.25, 0.3) is 11.8 Å². The van der Waals surface area contributed by atoms with E-state index >= 15 is 0 Å². The highest BCUT2D eigenvalue weighted by atomic mass is 32.2. The van der Waals surface area contributed by atoms with Gasteiger partial charge in [0, 0.05) is 49.3 Å². The van der Waals surface area contributed by atoms with E-state index in [4.69, 9.17) is 4.98 Å². The lowest BCUT2D eigenvalue weighted by molar-refractivity contribution is 0.0705. The molecule has 33 heavy (non-hydrogen) atoms. The molecule has 8 nitrogen and oxygen atoms in total. The Morgan fingerprint density at radius 1 is 0.970 bits per heavy atom. The first-order valence-corrected chi connectivity index (χ1v) is 12.5. The van der Waals surface area contributed by atoms with Crippen molar-refractivity contribution in [3.63, 3.8) is 0 Å². The normalized spacial score (nSPS) is 17.2. The van der Waals surface area contributed by atoms with Crippen molar-refractivity contribution < 1.29 is 9.59 Å². The van der Waals surface area contributed by atoms with Gasteiger partial charge in [0.15, 0.2) is 5.65 Å². The molecule has 2 fully saturated rings. The van der Waals surface area contributed by atoms with Gasteiger partial charge in [0.2, 0.25) is 0 Å². The molecule has 9 heteroatoms. The van der Waals surface area contributed by atoms with E-state index in [0.717, 1.165) is 59.4 Å². The molecule has 0 radical (unpaired) electrons. The van der Waals surface area contributed by atoms with Crippen LogP contribution in [-0.4, -0.2) is 72.5 Å². The molecule has 5 heterocycles. The van der Waals surface area contributed by atoms with Gasteiger partial charge in [-0.05, 0) is 45.7 Å². The minimum absolute atomic E-state index is 0.0175. The quantitative estimate of drug-likeness (QED) is 0.592. The van der Waals surface area contributed by atoms with Crippen molar-refractivity contribution in [3.05, 3.63) is 58.3 Å². The van der Waals surface area contributed by atoms with E-state index in [9.17, 15) is 9.59 Å². The molecule has 2 amide bonds. The topological polar surface area (TPSA) is 83.7 Å². The molecule has 0 saturated carbocycles. The van der Waals surface area contributed by atoms with Crippen LogP contribution in [0.5, 0.6) is 0 Å². The number of amides is 2. The van der Waals surface area contributed by atoms with Crippen molar-refractivity contribution in [1.29, 1.82) is 0 Å². The van der Waals surface area contributed by atoms with Crippen molar-refractivity contribution in [2.45, 2.75) is 39.5 Å². The van der Waals surface area contributed by atoms with Crippen molar-refractivity contribution >= 4 is 29.2 Å². The summed E-state index contributed by atoms with van der Waals surface area (Å²) in [5.41, 5.74) is 5.53. The summed E-state index contributed by atoms with van der Waals surface area (Å²) in [6.07, 6.45) is 3.23. The number of nitrogens with zero attached hydrogens (tertiary/aromatic N) is 6. The first-order valence-electron chi connectivity index (χ1n) is 11.4. The van der Waals surface area contributed by atoms with Crippen LogP contribution in [0.2, 0.25) is 0 Å². The Kier molecular flexibility index (Phi) is 5.82. The zero-order valence-corrected chi connectivity index (χ0v) is 20.1. The minimum atomic E-state index is -0.0175. The molecule has 2 aliphatic heterocycles. The molecular formula is C24H28N6O2S. The number of carbonyl (C=O) groups is 2. The van der Waals surface area contributed by atoms with Gasteiger partial charge in [-0.1, -0.05) is 0 Å². The Balaban J connectivity index is 1.33. The van der Waals surface area contributed by atoms with E-state index in [0.29, 0.717) is 24.2 Å². The van der Waals surface area contributed by atoms with E-state index in [2.05, 4.69) is 10.1 Å². The van der Waals surface area contributed by atoms with Crippen LogP contribution in [0.3, 0.4) is 0 Å². The molecule has 0 N–H and O–H groups in total. The lowest BCUT2D eigenvalue weighted by atomic mass is 9.89. The van der Waals surface area contributed by atoms with Crippen molar-refractivity contribution in [1.82, 2.24) is 29.4 Å². The van der Waals surface area contributed by atoms with Crippen molar-refractivity contribution in [2.24, 2.45) is 0 Å². The molecule has 2 aliphatic rings. The first kappa shape index (κ1) is 21.9. The molecule has 0 aromatic carbocycles. The van der Waals surface area contributed by atoms with Crippen molar-refractivity contribution in [2.75, 3.05) is 31.3 Å². The number of hydrogen-bond donors (Lipinski definition) is 0. The SMILES string of the molecule is Cc1ccc(C(=O)N2CCSC2)c(C2CCN(C(=O)c3cnc4cc(C)nn4c3C)CC2)n1. The fourth-order valence-electron chi connectivity index (χ4n) is 4.71. The number of hydrogen-bond acceptors (Lipinski definition) is 6. The molecule has 0 bridgehead atoms. The van der Waals surface area contributed by atoms with Crippen LogP contribution in [0.4, 0.5) is 0 Å². The summed E-state index contributed by atoms with van der Waals surface area (Å²) >= 11 is 1.78. The summed E-state index contributed by atoms with van der Waals surface area (Å²) in [7, 11) is 0. The molecule has 172 valence electrons. The third-order valence-corrected chi connectivity index (χ3v) is 7.55. The van der Waals surface area contributed by atoms with Crippen LogP contribution in [0.15, 0.2) is 24.4 Å². The Morgan fingerprint density at radius 2 is 1.73 bits per heavy atom. The van der Waals surface area contributed by atoms with Crippen LogP contribution in [0.25, 0.3) is 5.65 Å². The average molecular weight is 465 g/mol. The van der Waals surface area contributed by atoms with Crippen LogP contribution in [-0.2, 0) is 0 Å². The van der Waals surface area contributed by atoms with Gasteiger partial charge in [-0.25, -0.2) is 9.50 Å². The summed E-state index contributed by atoms with van der Waals surface area (Å²) in [5.74, 6) is 1.95. The van der Waals surface area contributed by atoms with Gasteiger partial charge >= 0.3 is 0 Å². The second-order valence-electron chi connectivity index (χ2n) is 8.87. The first-order chi connectivity index (χ1) is 15.9. The lowest BCUT2D eigenvalue weighted by Gasteiger charge is -2.33. The zero-order chi connectivity index (χ0) is 23.1. The van der Waals surface area contributed by atoms with E-state index in [1.54, 1.807) is 22.5 Å². The zero-order valence-electron chi connectivity index (χ0n) is 19.2. The maximum Gasteiger partial charge on any atom is 0.257 e. The number of likely N-dealkylation sites (tertiary alicyclic amines) is 1. The predicted molar refractivity (Wildman–Crippen MR) is 128 cm³/mol.